The Balaban J connectivity index is 1.88. The number of fused-ring (bicyclic) bond motifs is 1. The lowest BCUT2D eigenvalue weighted by atomic mass is 9.86. The van der Waals surface area contributed by atoms with E-state index in [0.29, 0.717) is 5.92 Å². The van der Waals surface area contributed by atoms with Crippen LogP contribution in [0.3, 0.4) is 0 Å². The second-order valence-corrected chi connectivity index (χ2v) is 4.83. The molecular formula is C15H18N2. The monoisotopic (exact) mass is 226 g/mol. The summed E-state index contributed by atoms with van der Waals surface area (Å²) in [6.45, 7) is 4.20. The summed E-state index contributed by atoms with van der Waals surface area (Å²) in [5.74, 6) is 1.63. The lowest BCUT2D eigenvalue weighted by Gasteiger charge is -2.21. The molecule has 1 N–H and O–H groups in total. The molecule has 1 aliphatic carbocycles. The number of rotatable bonds is 2. The van der Waals surface area contributed by atoms with Gasteiger partial charge in [0.15, 0.2) is 0 Å². The fourth-order valence-electron chi connectivity index (χ4n) is 2.68. The van der Waals surface area contributed by atoms with Gasteiger partial charge in [0, 0.05) is 12.5 Å². The number of aryl methyl sites for hydroxylation is 1. The number of hydrogen-bond acceptors (Lipinski definition) is 2. The molecule has 0 fully saturated rings. The highest BCUT2D eigenvalue weighted by Gasteiger charge is 2.20. The van der Waals surface area contributed by atoms with Crippen LogP contribution in [0, 0.1) is 5.92 Å². The van der Waals surface area contributed by atoms with Crippen molar-refractivity contribution in [1.29, 1.82) is 0 Å². The standard InChI is InChI=1S/C15H18N2/c1-11(15-16-8-9-17-15)13-7-6-12-4-2-3-5-14(12)10-13/h2-5,10-11H,6-9H2,1H3,(H,16,17)/t11-/m0/s1. The second kappa shape index (κ2) is 4.36. The number of nitrogens with zero attached hydrogens (tertiary/aromatic N) is 1. The lowest BCUT2D eigenvalue weighted by molar-refractivity contribution is 0.781. The van der Waals surface area contributed by atoms with Gasteiger partial charge in [0.05, 0.1) is 6.54 Å². The molecule has 1 aromatic carbocycles. The van der Waals surface area contributed by atoms with Crippen molar-refractivity contribution in [2.24, 2.45) is 10.9 Å². The normalized spacial score (nSPS) is 20.1. The van der Waals surface area contributed by atoms with Crippen LogP contribution in [0.5, 0.6) is 0 Å². The van der Waals surface area contributed by atoms with Gasteiger partial charge < -0.3 is 5.32 Å². The van der Waals surface area contributed by atoms with Crippen LogP contribution in [-0.4, -0.2) is 18.9 Å². The molecule has 2 nitrogen and oxygen atoms in total. The van der Waals surface area contributed by atoms with Crippen molar-refractivity contribution < 1.29 is 0 Å². The molecule has 1 heterocycles. The number of benzene rings is 1. The maximum Gasteiger partial charge on any atom is 0.103 e. The van der Waals surface area contributed by atoms with E-state index >= 15 is 0 Å². The molecule has 0 unspecified atom stereocenters. The van der Waals surface area contributed by atoms with Crippen LogP contribution in [0.2, 0.25) is 0 Å². The maximum absolute atomic E-state index is 4.53. The SMILES string of the molecule is C[C@@H](C1=Cc2ccccc2CC1)C1=NCCN1. The van der Waals surface area contributed by atoms with E-state index in [9.17, 15) is 0 Å². The van der Waals surface area contributed by atoms with Crippen molar-refractivity contribution in [1.82, 2.24) is 5.32 Å². The first-order valence-electron chi connectivity index (χ1n) is 6.41. The Labute approximate surface area is 102 Å². The molecule has 17 heavy (non-hydrogen) atoms. The summed E-state index contributed by atoms with van der Waals surface area (Å²) in [4.78, 5) is 4.53. The van der Waals surface area contributed by atoms with E-state index in [1.54, 1.807) is 0 Å². The summed E-state index contributed by atoms with van der Waals surface area (Å²) in [7, 11) is 0. The summed E-state index contributed by atoms with van der Waals surface area (Å²) in [6, 6.07) is 8.70. The molecule has 0 aromatic heterocycles. The third-order valence-corrected chi connectivity index (χ3v) is 3.75. The van der Waals surface area contributed by atoms with Gasteiger partial charge in [-0.05, 0) is 24.0 Å². The average Bonchev–Trinajstić information content (AvgIpc) is 2.91. The molecule has 1 aromatic rings. The maximum atomic E-state index is 4.53. The molecule has 0 spiro atoms. The van der Waals surface area contributed by atoms with Crippen LogP contribution >= 0.6 is 0 Å². The molecule has 0 amide bonds. The van der Waals surface area contributed by atoms with Gasteiger partial charge in [-0.15, -0.1) is 0 Å². The van der Waals surface area contributed by atoms with Crippen LogP contribution < -0.4 is 5.32 Å². The lowest BCUT2D eigenvalue weighted by Crippen LogP contribution is -2.27. The fourth-order valence-corrected chi connectivity index (χ4v) is 2.68. The van der Waals surface area contributed by atoms with Gasteiger partial charge in [-0.25, -0.2) is 0 Å². The van der Waals surface area contributed by atoms with Crippen molar-refractivity contribution in [3.8, 4) is 0 Å². The van der Waals surface area contributed by atoms with Gasteiger partial charge in [-0.2, -0.15) is 0 Å². The van der Waals surface area contributed by atoms with Crippen LogP contribution in [-0.2, 0) is 6.42 Å². The van der Waals surface area contributed by atoms with E-state index in [4.69, 9.17) is 0 Å². The van der Waals surface area contributed by atoms with Gasteiger partial charge >= 0.3 is 0 Å². The van der Waals surface area contributed by atoms with Crippen molar-refractivity contribution in [3.63, 3.8) is 0 Å². The molecular weight excluding hydrogens is 208 g/mol. The largest absolute Gasteiger partial charge is 0.371 e. The van der Waals surface area contributed by atoms with Crippen LogP contribution in [0.1, 0.15) is 24.5 Å². The van der Waals surface area contributed by atoms with Gasteiger partial charge in [0.2, 0.25) is 0 Å². The predicted molar refractivity (Wildman–Crippen MR) is 72.2 cm³/mol. The third kappa shape index (κ3) is 1.99. The Morgan fingerprint density at radius 1 is 1.24 bits per heavy atom. The Bertz CT molecular complexity index is 485. The molecule has 0 bridgehead atoms. The minimum Gasteiger partial charge on any atom is -0.371 e. The molecule has 2 aliphatic rings. The Morgan fingerprint density at radius 2 is 2.12 bits per heavy atom. The van der Waals surface area contributed by atoms with E-state index in [1.165, 1.54) is 35.4 Å². The van der Waals surface area contributed by atoms with Crippen molar-refractivity contribution in [2.45, 2.75) is 19.8 Å². The summed E-state index contributed by atoms with van der Waals surface area (Å²) in [5.41, 5.74) is 4.38. The quantitative estimate of drug-likeness (QED) is 0.823. The second-order valence-electron chi connectivity index (χ2n) is 4.83. The van der Waals surface area contributed by atoms with Gasteiger partial charge in [-0.3, -0.25) is 4.99 Å². The van der Waals surface area contributed by atoms with Crippen molar-refractivity contribution >= 4 is 11.9 Å². The number of hydrogen-bond donors (Lipinski definition) is 1. The highest BCUT2D eigenvalue weighted by Crippen LogP contribution is 2.28. The van der Waals surface area contributed by atoms with E-state index < -0.39 is 0 Å². The molecule has 0 saturated carbocycles. The number of amidine groups is 1. The zero-order valence-electron chi connectivity index (χ0n) is 10.2. The first-order chi connectivity index (χ1) is 8.34. The molecule has 3 rings (SSSR count). The number of nitrogens with one attached hydrogen (secondary N) is 1. The minimum atomic E-state index is 0.450. The van der Waals surface area contributed by atoms with E-state index in [-0.39, 0.29) is 0 Å². The molecule has 2 heteroatoms. The highest BCUT2D eigenvalue weighted by atomic mass is 15.1. The topological polar surface area (TPSA) is 24.4 Å². The smallest absolute Gasteiger partial charge is 0.103 e. The van der Waals surface area contributed by atoms with E-state index in [2.05, 4.69) is 47.6 Å². The highest BCUT2D eigenvalue weighted by molar-refractivity contribution is 5.89. The summed E-state index contributed by atoms with van der Waals surface area (Å²) in [5, 5.41) is 3.39. The average molecular weight is 226 g/mol. The summed E-state index contributed by atoms with van der Waals surface area (Å²) in [6.07, 6.45) is 4.69. The molecule has 1 atom stereocenters. The summed E-state index contributed by atoms with van der Waals surface area (Å²) >= 11 is 0. The molecule has 88 valence electrons. The predicted octanol–water partition coefficient (Wildman–Crippen LogP) is 2.65. The Kier molecular flexibility index (Phi) is 2.71. The molecule has 0 saturated heterocycles. The fraction of sp³-hybridized carbons (Fsp3) is 0.400. The number of aliphatic imine (C=N–C) groups is 1. The summed E-state index contributed by atoms with van der Waals surface area (Å²) < 4.78 is 0. The first kappa shape index (κ1) is 10.6. The van der Waals surface area contributed by atoms with Crippen LogP contribution in [0.15, 0.2) is 34.8 Å². The third-order valence-electron chi connectivity index (χ3n) is 3.75. The van der Waals surface area contributed by atoms with Gasteiger partial charge in [0.1, 0.15) is 5.84 Å². The molecule has 1 aliphatic heterocycles. The zero-order valence-corrected chi connectivity index (χ0v) is 10.2. The van der Waals surface area contributed by atoms with E-state index in [1.807, 2.05) is 0 Å². The van der Waals surface area contributed by atoms with Crippen molar-refractivity contribution in [2.75, 3.05) is 13.1 Å². The van der Waals surface area contributed by atoms with Crippen LogP contribution in [0.4, 0.5) is 0 Å². The minimum absolute atomic E-state index is 0.450. The van der Waals surface area contributed by atoms with Gasteiger partial charge in [-0.1, -0.05) is 42.8 Å². The first-order valence-corrected chi connectivity index (χ1v) is 6.41. The van der Waals surface area contributed by atoms with E-state index in [0.717, 1.165) is 13.1 Å². The van der Waals surface area contributed by atoms with Gasteiger partial charge in [0.25, 0.3) is 0 Å². The Morgan fingerprint density at radius 3 is 2.94 bits per heavy atom. The zero-order chi connectivity index (χ0) is 11.7. The van der Waals surface area contributed by atoms with Crippen LogP contribution in [0.25, 0.3) is 6.08 Å². The molecule has 0 radical (unpaired) electrons. The Hall–Kier alpha value is -1.57. The van der Waals surface area contributed by atoms with Crippen molar-refractivity contribution in [3.05, 3.63) is 41.0 Å².